The zero-order valence-electron chi connectivity index (χ0n) is 12.2. The first-order valence-electron chi connectivity index (χ1n) is 7.12. The molecule has 0 amide bonds. The number of benzene rings is 2. The number of anilines is 2. The van der Waals surface area contributed by atoms with Crippen molar-refractivity contribution in [1.29, 1.82) is 0 Å². The average molecular weight is 296 g/mol. The van der Waals surface area contributed by atoms with Crippen LogP contribution in [0.4, 0.5) is 11.7 Å². The molecule has 0 bridgehead atoms. The van der Waals surface area contributed by atoms with E-state index in [1.54, 1.807) is 6.92 Å². The summed E-state index contributed by atoms with van der Waals surface area (Å²) in [6.07, 6.45) is 0.275. The van der Waals surface area contributed by atoms with Crippen molar-refractivity contribution in [2.24, 2.45) is 0 Å². The Morgan fingerprint density at radius 1 is 1.18 bits per heavy atom. The molecule has 5 nitrogen and oxygen atoms in total. The number of ether oxygens (including phenoxy) is 1. The molecule has 112 valence electrons. The van der Waals surface area contributed by atoms with Crippen molar-refractivity contribution in [3.8, 4) is 0 Å². The number of hydrogen-bond donors (Lipinski definition) is 1. The largest absolute Gasteiger partial charge is 0.466 e. The molecular weight excluding hydrogens is 280 g/mol. The Labute approximate surface area is 127 Å². The first kappa shape index (κ1) is 14.1. The summed E-state index contributed by atoms with van der Waals surface area (Å²) in [5.41, 5.74) is 3.30. The van der Waals surface area contributed by atoms with Gasteiger partial charge in [0.05, 0.1) is 13.0 Å². The van der Waals surface area contributed by atoms with Crippen molar-refractivity contribution in [2.75, 3.05) is 11.9 Å². The van der Waals surface area contributed by atoms with E-state index in [-0.39, 0.29) is 12.4 Å². The number of esters is 1. The van der Waals surface area contributed by atoms with Gasteiger partial charge in [0.15, 0.2) is 5.58 Å². The normalized spacial score (nSPS) is 10.6. The zero-order valence-corrected chi connectivity index (χ0v) is 12.2. The maximum atomic E-state index is 11.4. The molecule has 0 fully saturated rings. The first-order valence-corrected chi connectivity index (χ1v) is 7.12. The fraction of sp³-hybridized carbons (Fsp3) is 0.176. The Morgan fingerprint density at radius 2 is 1.95 bits per heavy atom. The van der Waals surface area contributed by atoms with E-state index in [9.17, 15) is 4.79 Å². The third-order valence-electron chi connectivity index (χ3n) is 3.15. The number of fused-ring (bicyclic) bond motifs is 1. The lowest BCUT2D eigenvalue weighted by Gasteiger charge is -2.04. The highest BCUT2D eigenvalue weighted by Crippen LogP contribution is 2.22. The van der Waals surface area contributed by atoms with E-state index in [4.69, 9.17) is 9.15 Å². The Hall–Kier alpha value is -2.82. The van der Waals surface area contributed by atoms with Gasteiger partial charge < -0.3 is 14.5 Å². The average Bonchev–Trinajstić information content (AvgIpc) is 2.91. The van der Waals surface area contributed by atoms with Gasteiger partial charge in [-0.2, -0.15) is 4.98 Å². The summed E-state index contributed by atoms with van der Waals surface area (Å²) >= 11 is 0. The number of nitrogens with zero attached hydrogens (tertiary/aromatic N) is 1. The summed E-state index contributed by atoms with van der Waals surface area (Å²) in [5.74, 6) is -0.220. The Morgan fingerprint density at radius 3 is 2.68 bits per heavy atom. The van der Waals surface area contributed by atoms with E-state index in [1.165, 1.54) is 0 Å². The molecule has 1 N–H and O–H groups in total. The van der Waals surface area contributed by atoms with Crippen LogP contribution < -0.4 is 5.32 Å². The van der Waals surface area contributed by atoms with Crippen molar-refractivity contribution < 1.29 is 13.9 Å². The molecule has 0 aliphatic rings. The number of para-hydroxylation sites is 2. The Kier molecular flexibility index (Phi) is 4.05. The molecule has 5 heteroatoms. The number of carbonyl (C=O) groups excluding carboxylic acids is 1. The van der Waals surface area contributed by atoms with Gasteiger partial charge in [-0.25, -0.2) is 0 Å². The van der Waals surface area contributed by atoms with Crippen molar-refractivity contribution in [1.82, 2.24) is 4.98 Å². The molecule has 3 aromatic rings. The monoisotopic (exact) mass is 296 g/mol. The maximum absolute atomic E-state index is 11.4. The van der Waals surface area contributed by atoms with E-state index < -0.39 is 0 Å². The number of aromatic nitrogens is 1. The highest BCUT2D eigenvalue weighted by molar-refractivity contribution is 5.75. The van der Waals surface area contributed by atoms with Crippen molar-refractivity contribution >= 4 is 28.8 Å². The third-order valence-corrected chi connectivity index (χ3v) is 3.15. The van der Waals surface area contributed by atoms with Gasteiger partial charge in [-0.3, -0.25) is 4.79 Å². The van der Waals surface area contributed by atoms with Crippen LogP contribution in [-0.2, 0) is 16.0 Å². The number of oxazole rings is 1. The van der Waals surface area contributed by atoms with Crippen LogP contribution >= 0.6 is 0 Å². The van der Waals surface area contributed by atoms with Crippen molar-refractivity contribution in [2.45, 2.75) is 13.3 Å². The molecule has 0 saturated heterocycles. The lowest BCUT2D eigenvalue weighted by molar-refractivity contribution is -0.142. The maximum Gasteiger partial charge on any atom is 0.310 e. The third kappa shape index (κ3) is 3.25. The fourth-order valence-corrected chi connectivity index (χ4v) is 2.13. The number of hydrogen-bond acceptors (Lipinski definition) is 5. The van der Waals surface area contributed by atoms with Gasteiger partial charge in [-0.15, -0.1) is 0 Å². The van der Waals surface area contributed by atoms with E-state index >= 15 is 0 Å². The molecule has 0 aliphatic carbocycles. The van der Waals surface area contributed by atoms with Crippen molar-refractivity contribution in [3.05, 3.63) is 54.1 Å². The van der Waals surface area contributed by atoms with Crippen LogP contribution in [0.3, 0.4) is 0 Å². The van der Waals surface area contributed by atoms with E-state index in [0.29, 0.717) is 12.6 Å². The topological polar surface area (TPSA) is 64.4 Å². The van der Waals surface area contributed by atoms with E-state index in [1.807, 2.05) is 48.5 Å². The lowest BCUT2D eigenvalue weighted by atomic mass is 10.1. The molecule has 0 saturated carbocycles. The zero-order chi connectivity index (χ0) is 15.4. The molecule has 0 spiro atoms. The minimum absolute atomic E-state index is 0.220. The second-order valence-corrected chi connectivity index (χ2v) is 4.79. The summed E-state index contributed by atoms with van der Waals surface area (Å²) in [6, 6.07) is 15.5. The predicted molar refractivity (Wildman–Crippen MR) is 84.1 cm³/mol. The number of carbonyl (C=O) groups is 1. The standard InChI is InChI=1S/C17H16N2O3/c1-2-21-16(20)11-12-7-9-13(10-8-12)18-17-19-14-5-3-4-6-15(14)22-17/h3-10H,2,11H2,1H3,(H,18,19). The summed E-state index contributed by atoms with van der Waals surface area (Å²) in [7, 11) is 0. The van der Waals surface area contributed by atoms with E-state index in [0.717, 1.165) is 22.4 Å². The fourth-order valence-electron chi connectivity index (χ4n) is 2.13. The highest BCUT2D eigenvalue weighted by atomic mass is 16.5. The molecule has 0 atom stereocenters. The molecule has 22 heavy (non-hydrogen) atoms. The minimum Gasteiger partial charge on any atom is -0.466 e. The number of nitrogens with one attached hydrogen (secondary N) is 1. The van der Waals surface area contributed by atoms with Crippen LogP contribution in [0.1, 0.15) is 12.5 Å². The van der Waals surface area contributed by atoms with Crippen molar-refractivity contribution in [3.63, 3.8) is 0 Å². The second kappa shape index (κ2) is 6.30. The Bertz CT molecular complexity index is 745. The van der Waals surface area contributed by atoms with Crippen LogP contribution in [-0.4, -0.2) is 17.6 Å². The van der Waals surface area contributed by atoms with Crippen LogP contribution in [0.15, 0.2) is 52.9 Å². The van der Waals surface area contributed by atoms with Gasteiger partial charge in [0.1, 0.15) is 5.52 Å². The Balaban J connectivity index is 1.69. The SMILES string of the molecule is CCOC(=O)Cc1ccc(Nc2nc3ccccc3o2)cc1. The molecule has 1 heterocycles. The molecular formula is C17H16N2O3. The second-order valence-electron chi connectivity index (χ2n) is 4.79. The quantitative estimate of drug-likeness (QED) is 0.728. The molecule has 0 aliphatic heterocycles. The molecule has 1 aromatic heterocycles. The summed E-state index contributed by atoms with van der Waals surface area (Å²) in [5, 5.41) is 3.11. The van der Waals surface area contributed by atoms with Gasteiger partial charge in [-0.1, -0.05) is 24.3 Å². The van der Waals surface area contributed by atoms with Crippen LogP contribution in [0.5, 0.6) is 0 Å². The van der Waals surface area contributed by atoms with Gasteiger partial charge in [0.25, 0.3) is 6.01 Å². The number of rotatable bonds is 5. The van der Waals surface area contributed by atoms with Crippen LogP contribution in [0, 0.1) is 0 Å². The summed E-state index contributed by atoms with van der Waals surface area (Å²) < 4.78 is 10.5. The smallest absolute Gasteiger partial charge is 0.310 e. The highest BCUT2D eigenvalue weighted by Gasteiger charge is 2.06. The predicted octanol–water partition coefficient (Wildman–Crippen LogP) is 3.68. The molecule has 0 radical (unpaired) electrons. The lowest BCUT2D eigenvalue weighted by Crippen LogP contribution is -2.07. The molecule has 2 aromatic carbocycles. The summed E-state index contributed by atoms with van der Waals surface area (Å²) in [6.45, 7) is 2.20. The first-order chi connectivity index (χ1) is 10.7. The molecule has 3 rings (SSSR count). The van der Waals surface area contributed by atoms with E-state index in [2.05, 4.69) is 10.3 Å². The van der Waals surface area contributed by atoms with Gasteiger partial charge in [0, 0.05) is 5.69 Å². The van der Waals surface area contributed by atoms with Gasteiger partial charge in [0.2, 0.25) is 0 Å². The van der Waals surface area contributed by atoms with Gasteiger partial charge in [-0.05, 0) is 36.8 Å². The van der Waals surface area contributed by atoms with Gasteiger partial charge >= 0.3 is 5.97 Å². The summed E-state index contributed by atoms with van der Waals surface area (Å²) in [4.78, 5) is 15.8. The van der Waals surface area contributed by atoms with Crippen LogP contribution in [0.2, 0.25) is 0 Å². The molecule has 0 unspecified atom stereocenters. The minimum atomic E-state index is -0.220. The van der Waals surface area contributed by atoms with Crippen LogP contribution in [0.25, 0.3) is 11.1 Å².